The van der Waals surface area contributed by atoms with Crippen LogP contribution in [-0.4, -0.2) is 28.4 Å². The Morgan fingerprint density at radius 2 is 1.81 bits per heavy atom. The van der Waals surface area contributed by atoms with Gasteiger partial charge in [-0.3, -0.25) is 4.79 Å². The van der Waals surface area contributed by atoms with Crippen molar-refractivity contribution in [2.24, 2.45) is 0 Å². The Hall–Kier alpha value is -2.90. The summed E-state index contributed by atoms with van der Waals surface area (Å²) in [6, 6.07) is 20.4. The second kappa shape index (κ2) is 9.49. The van der Waals surface area contributed by atoms with Gasteiger partial charge in [0.05, 0.1) is 11.4 Å². The van der Waals surface area contributed by atoms with E-state index in [1.165, 1.54) is 34.2 Å². The van der Waals surface area contributed by atoms with Gasteiger partial charge < -0.3 is 10.2 Å². The Balaban J connectivity index is 1.44. The Morgan fingerprint density at radius 3 is 2.65 bits per heavy atom. The number of nitrogens with one attached hydrogen (secondary N) is 1. The molecule has 0 aliphatic rings. The van der Waals surface area contributed by atoms with E-state index >= 15 is 0 Å². The predicted octanol–water partition coefficient (Wildman–Crippen LogP) is 6.20. The number of aryl methyl sites for hydroxylation is 1. The van der Waals surface area contributed by atoms with Crippen molar-refractivity contribution in [2.75, 3.05) is 22.5 Å². The molecule has 4 rings (SSSR count). The summed E-state index contributed by atoms with van der Waals surface area (Å²) in [5.41, 5.74) is 4.39. The highest BCUT2D eigenvalue weighted by Crippen LogP contribution is 2.31. The Kier molecular flexibility index (Phi) is 6.53. The molecule has 0 aliphatic carbocycles. The maximum absolute atomic E-state index is 13.0. The molecule has 0 radical (unpaired) electrons. The summed E-state index contributed by atoms with van der Waals surface area (Å²) < 4.78 is 0.773. The van der Waals surface area contributed by atoms with Crippen LogP contribution in [0.25, 0.3) is 10.8 Å². The molecular weight excluding hydrogens is 424 g/mol. The monoisotopic (exact) mass is 448 g/mol. The SMILES string of the molecule is CCN(C(=O)CSc1nnc(Nc2cccc(C)c2C)s1)c1cccc2ccccc12. The third-order valence-electron chi connectivity index (χ3n) is 5.25. The fraction of sp³-hybridized carbons (Fsp3) is 0.208. The van der Waals surface area contributed by atoms with Crippen molar-refractivity contribution in [3.05, 3.63) is 71.8 Å². The van der Waals surface area contributed by atoms with Crippen molar-refractivity contribution in [1.82, 2.24) is 10.2 Å². The van der Waals surface area contributed by atoms with Crippen LogP contribution < -0.4 is 10.2 Å². The maximum atomic E-state index is 13.0. The summed E-state index contributed by atoms with van der Waals surface area (Å²) in [5, 5.41) is 14.8. The number of carbonyl (C=O) groups is 1. The molecule has 0 aliphatic heterocycles. The average molecular weight is 449 g/mol. The molecule has 1 amide bonds. The molecule has 1 aromatic heterocycles. The van der Waals surface area contributed by atoms with E-state index in [9.17, 15) is 4.79 Å². The first-order chi connectivity index (χ1) is 15.1. The molecular formula is C24H24N4OS2. The highest BCUT2D eigenvalue weighted by Gasteiger charge is 2.17. The summed E-state index contributed by atoms with van der Waals surface area (Å²) in [6.07, 6.45) is 0. The highest BCUT2D eigenvalue weighted by molar-refractivity contribution is 8.01. The van der Waals surface area contributed by atoms with Gasteiger partial charge in [-0.05, 0) is 49.4 Å². The lowest BCUT2D eigenvalue weighted by Crippen LogP contribution is -2.32. The van der Waals surface area contributed by atoms with Gasteiger partial charge in [0, 0.05) is 17.6 Å². The van der Waals surface area contributed by atoms with Gasteiger partial charge in [0.2, 0.25) is 11.0 Å². The van der Waals surface area contributed by atoms with Crippen LogP contribution in [0.5, 0.6) is 0 Å². The minimum Gasteiger partial charge on any atom is -0.330 e. The van der Waals surface area contributed by atoms with Crippen LogP contribution in [0.4, 0.5) is 16.5 Å². The van der Waals surface area contributed by atoms with E-state index in [1.807, 2.05) is 48.2 Å². The van der Waals surface area contributed by atoms with Crippen LogP contribution in [0.2, 0.25) is 0 Å². The number of nitrogens with zero attached hydrogens (tertiary/aromatic N) is 3. The number of hydrogen-bond acceptors (Lipinski definition) is 6. The number of rotatable bonds is 7. The van der Waals surface area contributed by atoms with Gasteiger partial charge in [0.15, 0.2) is 4.34 Å². The lowest BCUT2D eigenvalue weighted by atomic mass is 10.1. The van der Waals surface area contributed by atoms with Crippen molar-refractivity contribution in [1.29, 1.82) is 0 Å². The maximum Gasteiger partial charge on any atom is 0.237 e. The summed E-state index contributed by atoms with van der Waals surface area (Å²) in [4.78, 5) is 14.9. The molecule has 5 nitrogen and oxygen atoms in total. The van der Waals surface area contributed by atoms with Crippen molar-refractivity contribution < 1.29 is 4.79 Å². The molecule has 3 aromatic carbocycles. The molecule has 0 spiro atoms. The molecule has 0 saturated carbocycles. The molecule has 0 bridgehead atoms. The standard InChI is InChI=1S/C24H24N4OS2/c1-4-28(21-14-8-11-18-10-5-6-12-19(18)21)22(29)15-30-24-27-26-23(31-24)25-20-13-7-9-16(2)17(20)3/h5-14H,4,15H2,1-3H3,(H,25,26). The summed E-state index contributed by atoms with van der Waals surface area (Å²) in [5.74, 6) is 0.373. The van der Waals surface area contributed by atoms with Crippen molar-refractivity contribution in [2.45, 2.75) is 25.1 Å². The van der Waals surface area contributed by atoms with E-state index in [2.05, 4.69) is 53.6 Å². The number of benzene rings is 3. The molecule has 7 heteroatoms. The molecule has 0 unspecified atom stereocenters. The Labute approximate surface area is 190 Å². The topological polar surface area (TPSA) is 58.1 Å². The van der Waals surface area contributed by atoms with Gasteiger partial charge in [-0.25, -0.2) is 0 Å². The summed E-state index contributed by atoms with van der Waals surface area (Å²) in [6.45, 7) is 6.78. The fourth-order valence-electron chi connectivity index (χ4n) is 3.45. The Morgan fingerprint density at radius 1 is 1.03 bits per heavy atom. The van der Waals surface area contributed by atoms with Crippen LogP contribution in [-0.2, 0) is 4.79 Å². The smallest absolute Gasteiger partial charge is 0.237 e. The van der Waals surface area contributed by atoms with Crippen LogP contribution in [0, 0.1) is 13.8 Å². The number of carbonyl (C=O) groups excluding carboxylic acids is 1. The number of fused-ring (bicyclic) bond motifs is 1. The molecule has 0 fully saturated rings. The van der Waals surface area contributed by atoms with Crippen LogP contribution in [0.3, 0.4) is 0 Å². The zero-order chi connectivity index (χ0) is 21.8. The van der Waals surface area contributed by atoms with Gasteiger partial charge >= 0.3 is 0 Å². The number of hydrogen-bond donors (Lipinski definition) is 1. The molecule has 0 atom stereocenters. The highest BCUT2D eigenvalue weighted by atomic mass is 32.2. The van der Waals surface area contributed by atoms with Gasteiger partial charge in [0.25, 0.3) is 0 Å². The lowest BCUT2D eigenvalue weighted by Gasteiger charge is -2.22. The van der Waals surface area contributed by atoms with Crippen LogP contribution in [0.1, 0.15) is 18.1 Å². The van der Waals surface area contributed by atoms with E-state index in [0.717, 1.165) is 31.6 Å². The Bertz CT molecular complexity index is 1220. The van der Waals surface area contributed by atoms with Gasteiger partial charge in [-0.1, -0.05) is 71.6 Å². The first kappa shape index (κ1) is 21.3. The van der Waals surface area contributed by atoms with Crippen molar-refractivity contribution >= 4 is 56.3 Å². The third-order valence-corrected chi connectivity index (χ3v) is 7.20. The van der Waals surface area contributed by atoms with Crippen molar-refractivity contribution in [3.63, 3.8) is 0 Å². The van der Waals surface area contributed by atoms with E-state index in [4.69, 9.17) is 0 Å². The van der Waals surface area contributed by atoms with Crippen LogP contribution >= 0.6 is 23.1 Å². The minimum absolute atomic E-state index is 0.0584. The summed E-state index contributed by atoms with van der Waals surface area (Å²) in [7, 11) is 0. The number of anilines is 3. The number of thioether (sulfide) groups is 1. The second-order valence-corrected chi connectivity index (χ2v) is 9.37. The quantitative estimate of drug-likeness (QED) is 0.341. The van der Waals surface area contributed by atoms with E-state index < -0.39 is 0 Å². The molecule has 158 valence electrons. The van der Waals surface area contributed by atoms with Gasteiger partial charge in [0.1, 0.15) is 0 Å². The first-order valence-electron chi connectivity index (χ1n) is 10.1. The summed E-state index contributed by atoms with van der Waals surface area (Å²) >= 11 is 2.89. The van der Waals surface area contributed by atoms with E-state index in [1.54, 1.807) is 0 Å². The third kappa shape index (κ3) is 4.73. The lowest BCUT2D eigenvalue weighted by molar-refractivity contribution is -0.116. The molecule has 1 heterocycles. The largest absolute Gasteiger partial charge is 0.330 e. The van der Waals surface area contributed by atoms with Gasteiger partial charge in [-0.2, -0.15) is 0 Å². The van der Waals surface area contributed by atoms with Gasteiger partial charge in [-0.15, -0.1) is 10.2 Å². The predicted molar refractivity (Wildman–Crippen MR) is 132 cm³/mol. The van der Waals surface area contributed by atoms with E-state index in [-0.39, 0.29) is 5.91 Å². The van der Waals surface area contributed by atoms with Crippen molar-refractivity contribution in [3.8, 4) is 0 Å². The zero-order valence-corrected chi connectivity index (χ0v) is 19.4. The minimum atomic E-state index is 0.0584. The molecule has 1 N–H and O–H groups in total. The van der Waals surface area contributed by atoms with Crippen LogP contribution in [0.15, 0.2) is 65.0 Å². The number of amides is 1. The fourth-order valence-corrected chi connectivity index (χ4v) is 5.09. The average Bonchev–Trinajstić information content (AvgIpc) is 3.23. The molecule has 4 aromatic rings. The zero-order valence-electron chi connectivity index (χ0n) is 17.8. The second-order valence-electron chi connectivity index (χ2n) is 7.17. The molecule has 31 heavy (non-hydrogen) atoms. The molecule has 0 saturated heterocycles. The van der Waals surface area contributed by atoms with E-state index in [0.29, 0.717) is 12.3 Å². The normalized spacial score (nSPS) is 10.9. The number of aromatic nitrogens is 2. The first-order valence-corrected chi connectivity index (χ1v) is 11.9.